The van der Waals surface area contributed by atoms with Crippen LogP contribution < -0.4 is 10.2 Å². The minimum absolute atomic E-state index is 0.118. The highest BCUT2D eigenvalue weighted by atomic mass is 35.5. The van der Waals surface area contributed by atoms with Crippen molar-refractivity contribution >= 4 is 34.9 Å². The van der Waals surface area contributed by atoms with Gasteiger partial charge in [0.1, 0.15) is 5.82 Å². The summed E-state index contributed by atoms with van der Waals surface area (Å²) < 4.78 is 13.2. The summed E-state index contributed by atoms with van der Waals surface area (Å²) in [5.41, 5.74) is 3.47. The van der Waals surface area contributed by atoms with Crippen molar-refractivity contribution in [3.63, 3.8) is 0 Å². The van der Waals surface area contributed by atoms with Crippen molar-refractivity contribution in [3.05, 3.63) is 94.3 Å². The standard InChI is InChI=1S/C25H23ClFN3O2/c1-17-3-12-23(22(15-17)28-24(31)19-6-10-21(27)11-7-19)30-14-2-13-29(25(30)32)16-18-4-8-20(26)9-5-18/h3-12,15H,2,13-14,16H2,1H3,(H,28,31). The van der Waals surface area contributed by atoms with E-state index in [2.05, 4.69) is 5.32 Å². The highest BCUT2D eigenvalue weighted by Crippen LogP contribution is 2.31. The number of carbonyl (C=O) groups excluding carboxylic acids is 2. The number of nitrogens with zero attached hydrogens (tertiary/aromatic N) is 2. The first-order valence-electron chi connectivity index (χ1n) is 10.4. The monoisotopic (exact) mass is 451 g/mol. The molecule has 3 amide bonds. The molecule has 0 atom stereocenters. The third kappa shape index (κ3) is 4.92. The van der Waals surface area contributed by atoms with Gasteiger partial charge in [0.15, 0.2) is 0 Å². The maximum absolute atomic E-state index is 13.3. The van der Waals surface area contributed by atoms with Crippen LogP contribution in [0.15, 0.2) is 66.7 Å². The van der Waals surface area contributed by atoms with Gasteiger partial charge in [-0.15, -0.1) is 0 Å². The molecule has 0 saturated carbocycles. The van der Waals surface area contributed by atoms with Crippen molar-refractivity contribution in [3.8, 4) is 0 Å². The van der Waals surface area contributed by atoms with Crippen LogP contribution in [0.3, 0.4) is 0 Å². The zero-order chi connectivity index (χ0) is 22.7. The van der Waals surface area contributed by atoms with Crippen molar-refractivity contribution in [2.75, 3.05) is 23.3 Å². The lowest BCUT2D eigenvalue weighted by molar-refractivity contribution is 0.102. The molecule has 1 heterocycles. The van der Waals surface area contributed by atoms with Crippen LogP contribution in [0.4, 0.5) is 20.6 Å². The maximum Gasteiger partial charge on any atom is 0.324 e. The molecule has 0 bridgehead atoms. The molecule has 7 heteroatoms. The molecule has 164 valence electrons. The maximum atomic E-state index is 13.3. The van der Waals surface area contributed by atoms with Gasteiger partial charge in [-0.3, -0.25) is 9.69 Å². The summed E-state index contributed by atoms with van der Waals surface area (Å²) in [4.78, 5) is 29.5. The molecule has 1 aliphatic rings. The quantitative estimate of drug-likeness (QED) is 0.527. The predicted molar refractivity (Wildman–Crippen MR) is 125 cm³/mol. The van der Waals surface area contributed by atoms with Crippen LogP contribution in [-0.4, -0.2) is 29.9 Å². The molecule has 0 unspecified atom stereocenters. The molecule has 1 aliphatic heterocycles. The van der Waals surface area contributed by atoms with Crippen LogP contribution in [0.25, 0.3) is 0 Å². The van der Waals surface area contributed by atoms with Crippen LogP contribution >= 0.6 is 11.6 Å². The number of hydrogen-bond donors (Lipinski definition) is 1. The summed E-state index contributed by atoms with van der Waals surface area (Å²) in [6.45, 7) is 3.61. The van der Waals surface area contributed by atoms with Gasteiger partial charge in [0, 0.05) is 30.2 Å². The first-order chi connectivity index (χ1) is 15.4. The lowest BCUT2D eigenvalue weighted by Crippen LogP contribution is -2.49. The van der Waals surface area contributed by atoms with E-state index in [1.165, 1.54) is 24.3 Å². The molecule has 1 fully saturated rings. The normalized spacial score (nSPS) is 13.9. The Labute approximate surface area is 191 Å². The molecular formula is C25H23ClFN3O2. The van der Waals surface area contributed by atoms with Gasteiger partial charge in [0.05, 0.1) is 11.4 Å². The fourth-order valence-corrected chi connectivity index (χ4v) is 3.87. The largest absolute Gasteiger partial charge is 0.324 e. The Hall–Kier alpha value is -3.38. The molecule has 1 N–H and O–H groups in total. The molecule has 1 saturated heterocycles. The average molecular weight is 452 g/mol. The molecule has 5 nitrogen and oxygen atoms in total. The summed E-state index contributed by atoms with van der Waals surface area (Å²) in [5.74, 6) is -0.767. The van der Waals surface area contributed by atoms with Crippen molar-refractivity contribution in [2.45, 2.75) is 19.9 Å². The first-order valence-corrected chi connectivity index (χ1v) is 10.8. The van der Waals surface area contributed by atoms with Gasteiger partial charge >= 0.3 is 6.03 Å². The Morgan fingerprint density at radius 1 is 1.03 bits per heavy atom. The van der Waals surface area contributed by atoms with E-state index in [1.807, 2.05) is 49.4 Å². The Balaban J connectivity index is 1.56. The summed E-state index contributed by atoms with van der Waals surface area (Å²) in [6.07, 6.45) is 0.804. The third-order valence-corrected chi connectivity index (χ3v) is 5.65. The second-order valence-corrected chi connectivity index (χ2v) is 8.25. The summed E-state index contributed by atoms with van der Waals surface area (Å²) in [6, 6.07) is 18.3. The van der Waals surface area contributed by atoms with Gasteiger partial charge in [-0.2, -0.15) is 0 Å². The van der Waals surface area contributed by atoms with E-state index >= 15 is 0 Å². The minimum atomic E-state index is -0.405. The van der Waals surface area contributed by atoms with Gasteiger partial charge in [-0.05, 0) is 73.0 Å². The highest BCUT2D eigenvalue weighted by molar-refractivity contribution is 6.30. The highest BCUT2D eigenvalue weighted by Gasteiger charge is 2.28. The number of hydrogen-bond acceptors (Lipinski definition) is 2. The van der Waals surface area contributed by atoms with Gasteiger partial charge in [0.2, 0.25) is 0 Å². The predicted octanol–water partition coefficient (Wildman–Crippen LogP) is 5.87. The van der Waals surface area contributed by atoms with E-state index in [1.54, 1.807) is 9.80 Å². The van der Waals surface area contributed by atoms with Crippen molar-refractivity contribution in [1.82, 2.24) is 4.90 Å². The Morgan fingerprint density at radius 3 is 2.47 bits per heavy atom. The number of carbonyl (C=O) groups is 2. The Morgan fingerprint density at radius 2 is 1.75 bits per heavy atom. The second kappa shape index (κ2) is 9.40. The average Bonchev–Trinajstić information content (AvgIpc) is 2.78. The summed E-state index contributed by atoms with van der Waals surface area (Å²) in [5, 5.41) is 3.54. The van der Waals surface area contributed by atoms with E-state index in [9.17, 15) is 14.0 Å². The van der Waals surface area contributed by atoms with Crippen molar-refractivity contribution < 1.29 is 14.0 Å². The molecule has 32 heavy (non-hydrogen) atoms. The molecule has 0 aliphatic carbocycles. The van der Waals surface area contributed by atoms with Crippen LogP contribution in [0.2, 0.25) is 5.02 Å². The smallest absolute Gasteiger partial charge is 0.320 e. The van der Waals surface area contributed by atoms with Gasteiger partial charge in [-0.1, -0.05) is 29.8 Å². The molecule has 0 radical (unpaired) electrons. The van der Waals surface area contributed by atoms with E-state index in [0.717, 1.165) is 17.5 Å². The number of anilines is 2. The number of urea groups is 1. The number of aryl methyl sites for hydroxylation is 1. The first kappa shape index (κ1) is 21.8. The zero-order valence-corrected chi connectivity index (χ0v) is 18.4. The van der Waals surface area contributed by atoms with Crippen molar-refractivity contribution in [1.29, 1.82) is 0 Å². The lowest BCUT2D eigenvalue weighted by Gasteiger charge is -2.36. The lowest BCUT2D eigenvalue weighted by atomic mass is 10.1. The fraction of sp³-hybridized carbons (Fsp3) is 0.200. The number of nitrogens with one attached hydrogen (secondary N) is 1. The summed E-state index contributed by atoms with van der Waals surface area (Å²) in [7, 11) is 0. The van der Waals surface area contributed by atoms with E-state index < -0.39 is 5.82 Å². The van der Waals surface area contributed by atoms with Gasteiger partial charge in [-0.25, -0.2) is 9.18 Å². The topological polar surface area (TPSA) is 52.6 Å². The molecule has 3 aromatic rings. The molecule has 4 rings (SSSR count). The van der Waals surface area contributed by atoms with Crippen LogP contribution in [0.5, 0.6) is 0 Å². The fourth-order valence-electron chi connectivity index (χ4n) is 3.74. The Kier molecular flexibility index (Phi) is 6.42. The number of benzene rings is 3. The zero-order valence-electron chi connectivity index (χ0n) is 17.6. The van der Waals surface area contributed by atoms with E-state index in [0.29, 0.717) is 41.6 Å². The molecule has 0 spiro atoms. The second-order valence-electron chi connectivity index (χ2n) is 7.82. The van der Waals surface area contributed by atoms with Gasteiger partial charge < -0.3 is 10.2 Å². The SMILES string of the molecule is Cc1ccc(N2CCCN(Cc3ccc(Cl)cc3)C2=O)c(NC(=O)c2ccc(F)cc2)c1. The molecule has 0 aromatic heterocycles. The number of rotatable bonds is 5. The number of halogens is 2. The van der Waals surface area contributed by atoms with Crippen LogP contribution in [0, 0.1) is 12.7 Å². The van der Waals surface area contributed by atoms with Crippen LogP contribution in [-0.2, 0) is 6.54 Å². The minimum Gasteiger partial charge on any atom is -0.320 e. The van der Waals surface area contributed by atoms with Crippen LogP contribution in [0.1, 0.15) is 27.9 Å². The van der Waals surface area contributed by atoms with E-state index in [-0.39, 0.29) is 11.9 Å². The summed E-state index contributed by atoms with van der Waals surface area (Å²) >= 11 is 5.97. The molecule has 3 aromatic carbocycles. The number of amides is 3. The third-order valence-electron chi connectivity index (χ3n) is 5.40. The molecular weight excluding hydrogens is 429 g/mol. The van der Waals surface area contributed by atoms with E-state index in [4.69, 9.17) is 11.6 Å². The van der Waals surface area contributed by atoms with Crippen molar-refractivity contribution in [2.24, 2.45) is 0 Å². The van der Waals surface area contributed by atoms with Gasteiger partial charge in [0.25, 0.3) is 5.91 Å². The Bertz CT molecular complexity index is 1130.